The molecule has 0 bridgehead atoms. The van der Waals surface area contributed by atoms with Crippen LogP contribution in [0.4, 0.5) is 24.5 Å². The number of anilines is 1. The predicted octanol–water partition coefficient (Wildman–Crippen LogP) is 2.81. The van der Waals surface area contributed by atoms with Gasteiger partial charge in [-0.2, -0.15) is 13.2 Å². The Morgan fingerprint density at radius 1 is 1.40 bits per heavy atom. The second kappa shape index (κ2) is 6.27. The number of nitro benzene ring substituents is 1. The second-order valence-corrected chi connectivity index (χ2v) is 4.32. The topological polar surface area (TPSA) is 67.2 Å². The van der Waals surface area contributed by atoms with E-state index in [2.05, 4.69) is 10.6 Å². The molecular weight excluding hydrogens is 299 g/mol. The van der Waals surface area contributed by atoms with Crippen molar-refractivity contribution in [2.24, 2.45) is 0 Å². The van der Waals surface area contributed by atoms with Gasteiger partial charge in [0.15, 0.2) is 0 Å². The van der Waals surface area contributed by atoms with Crippen molar-refractivity contribution in [1.82, 2.24) is 5.32 Å². The number of rotatable bonds is 3. The Bertz CT molecular complexity index is 490. The van der Waals surface area contributed by atoms with Gasteiger partial charge in [0.05, 0.1) is 4.92 Å². The monoisotopic (exact) mass is 311 g/mol. The number of nitrogens with zero attached hydrogens (tertiary/aromatic N) is 1. The van der Waals surface area contributed by atoms with E-state index in [0.717, 1.165) is 25.1 Å². The molecule has 9 heteroatoms. The number of nitro groups is 1. The minimum atomic E-state index is -4.74. The molecule has 0 aliphatic carbocycles. The molecule has 112 valence electrons. The molecule has 2 N–H and O–H groups in total. The van der Waals surface area contributed by atoms with Gasteiger partial charge >= 0.3 is 6.18 Å². The molecule has 0 radical (unpaired) electrons. The highest BCUT2D eigenvalue weighted by Gasteiger charge is 2.38. The lowest BCUT2D eigenvalue weighted by Gasteiger charge is -2.15. The third kappa shape index (κ3) is 3.73. The molecule has 1 aromatic rings. The molecule has 1 aliphatic heterocycles. The van der Waals surface area contributed by atoms with Crippen LogP contribution >= 0.6 is 12.4 Å². The summed E-state index contributed by atoms with van der Waals surface area (Å²) in [7, 11) is 0. The first-order valence-electron chi connectivity index (χ1n) is 5.71. The van der Waals surface area contributed by atoms with Gasteiger partial charge in [0.25, 0.3) is 5.69 Å². The van der Waals surface area contributed by atoms with Gasteiger partial charge in [-0.1, -0.05) is 0 Å². The van der Waals surface area contributed by atoms with E-state index in [4.69, 9.17) is 0 Å². The first kappa shape index (κ1) is 16.5. The summed E-state index contributed by atoms with van der Waals surface area (Å²) >= 11 is 0. The maximum Gasteiger partial charge on any atom is 0.423 e. The minimum Gasteiger partial charge on any atom is -0.381 e. The summed E-state index contributed by atoms with van der Waals surface area (Å²) in [6, 6.07) is 3.01. The van der Waals surface area contributed by atoms with E-state index in [1.54, 1.807) is 0 Å². The van der Waals surface area contributed by atoms with E-state index >= 15 is 0 Å². The van der Waals surface area contributed by atoms with Gasteiger partial charge in [-0.3, -0.25) is 10.1 Å². The zero-order valence-corrected chi connectivity index (χ0v) is 11.1. The Morgan fingerprint density at radius 3 is 2.60 bits per heavy atom. The molecule has 1 fully saturated rings. The van der Waals surface area contributed by atoms with Gasteiger partial charge in [0.2, 0.25) is 0 Å². The zero-order chi connectivity index (χ0) is 14.0. The van der Waals surface area contributed by atoms with Crippen LogP contribution in [0.3, 0.4) is 0 Å². The Labute approximate surface area is 119 Å². The van der Waals surface area contributed by atoms with Gasteiger partial charge in [-0.05, 0) is 25.1 Å². The van der Waals surface area contributed by atoms with Crippen molar-refractivity contribution in [3.63, 3.8) is 0 Å². The lowest BCUT2D eigenvalue weighted by atomic mass is 10.1. The van der Waals surface area contributed by atoms with Crippen molar-refractivity contribution in [2.75, 3.05) is 18.4 Å². The molecule has 20 heavy (non-hydrogen) atoms. The first-order chi connectivity index (χ1) is 8.88. The average molecular weight is 312 g/mol. The van der Waals surface area contributed by atoms with Crippen molar-refractivity contribution in [1.29, 1.82) is 0 Å². The molecule has 0 spiro atoms. The van der Waals surface area contributed by atoms with Crippen LogP contribution in [-0.2, 0) is 6.18 Å². The predicted molar refractivity (Wildman–Crippen MR) is 70.2 cm³/mol. The number of alkyl halides is 3. The van der Waals surface area contributed by atoms with Gasteiger partial charge < -0.3 is 10.6 Å². The third-order valence-electron chi connectivity index (χ3n) is 2.93. The summed E-state index contributed by atoms with van der Waals surface area (Å²) < 4.78 is 38.3. The van der Waals surface area contributed by atoms with Crippen LogP contribution in [0.1, 0.15) is 12.0 Å². The van der Waals surface area contributed by atoms with Crippen molar-refractivity contribution in [3.8, 4) is 0 Å². The molecule has 1 aliphatic rings. The molecule has 1 atom stereocenters. The smallest absolute Gasteiger partial charge is 0.381 e. The van der Waals surface area contributed by atoms with Crippen LogP contribution in [0.15, 0.2) is 18.2 Å². The van der Waals surface area contributed by atoms with Gasteiger partial charge in [-0.15, -0.1) is 12.4 Å². The Kier molecular flexibility index (Phi) is 5.18. The highest BCUT2D eigenvalue weighted by molar-refractivity contribution is 5.85. The van der Waals surface area contributed by atoms with E-state index in [9.17, 15) is 23.3 Å². The van der Waals surface area contributed by atoms with Crippen molar-refractivity contribution >= 4 is 23.8 Å². The fourth-order valence-electron chi connectivity index (χ4n) is 2.03. The van der Waals surface area contributed by atoms with Crippen LogP contribution in [0.25, 0.3) is 0 Å². The van der Waals surface area contributed by atoms with Crippen molar-refractivity contribution in [2.45, 2.75) is 18.6 Å². The molecule has 0 amide bonds. The van der Waals surface area contributed by atoms with Crippen LogP contribution in [-0.4, -0.2) is 24.1 Å². The lowest BCUT2D eigenvalue weighted by molar-refractivity contribution is -0.388. The second-order valence-electron chi connectivity index (χ2n) is 4.32. The molecule has 1 heterocycles. The van der Waals surface area contributed by atoms with Crippen LogP contribution in [0, 0.1) is 10.1 Å². The van der Waals surface area contributed by atoms with E-state index in [1.165, 1.54) is 6.07 Å². The van der Waals surface area contributed by atoms with Crippen LogP contribution in [0.5, 0.6) is 0 Å². The molecule has 0 unspecified atom stereocenters. The van der Waals surface area contributed by atoms with Crippen LogP contribution in [0.2, 0.25) is 0 Å². The van der Waals surface area contributed by atoms with Crippen molar-refractivity contribution in [3.05, 3.63) is 33.9 Å². The maximum atomic E-state index is 12.8. The normalized spacial score (nSPS) is 18.4. The number of benzene rings is 1. The first-order valence-corrected chi connectivity index (χ1v) is 5.71. The summed E-state index contributed by atoms with van der Waals surface area (Å²) in [5.41, 5.74) is -1.91. The van der Waals surface area contributed by atoms with E-state index in [1.807, 2.05) is 0 Å². The summed E-state index contributed by atoms with van der Waals surface area (Å²) in [6.45, 7) is 1.47. The number of halogens is 4. The average Bonchev–Trinajstić information content (AvgIpc) is 2.80. The zero-order valence-electron chi connectivity index (χ0n) is 10.2. The molecule has 1 aromatic carbocycles. The highest BCUT2D eigenvalue weighted by atomic mass is 35.5. The fraction of sp³-hybridized carbons (Fsp3) is 0.455. The van der Waals surface area contributed by atoms with E-state index in [0.29, 0.717) is 6.54 Å². The van der Waals surface area contributed by atoms with Crippen LogP contribution < -0.4 is 10.6 Å². The Balaban J connectivity index is 0.00000200. The van der Waals surface area contributed by atoms with Gasteiger partial charge in [0, 0.05) is 24.3 Å². The molecule has 5 nitrogen and oxygen atoms in total. The van der Waals surface area contributed by atoms with Gasteiger partial charge in [-0.25, -0.2) is 0 Å². The summed E-state index contributed by atoms with van der Waals surface area (Å²) in [6.07, 6.45) is -3.94. The largest absolute Gasteiger partial charge is 0.423 e. The maximum absolute atomic E-state index is 12.8. The summed E-state index contributed by atoms with van der Waals surface area (Å²) in [5.74, 6) is 0. The number of nitrogens with one attached hydrogen (secondary N) is 2. The summed E-state index contributed by atoms with van der Waals surface area (Å²) in [4.78, 5) is 9.58. The standard InChI is InChI=1S/C11H12F3N3O2.ClH/c12-11(13,14)9-5-7(1-2-10(9)17(18)19)16-8-3-4-15-6-8;/h1-2,5,8,15-16H,3-4,6H2;1H/t8-;/m1./s1. The van der Waals surface area contributed by atoms with Gasteiger partial charge in [0.1, 0.15) is 5.56 Å². The quantitative estimate of drug-likeness (QED) is 0.665. The molecule has 2 rings (SSSR count). The summed E-state index contributed by atoms with van der Waals surface area (Å²) in [5, 5.41) is 16.6. The highest BCUT2D eigenvalue weighted by Crippen LogP contribution is 2.37. The Morgan fingerprint density at radius 2 is 2.10 bits per heavy atom. The molecule has 0 aromatic heterocycles. The third-order valence-corrected chi connectivity index (χ3v) is 2.93. The number of hydrogen-bond donors (Lipinski definition) is 2. The SMILES string of the molecule is Cl.O=[N+]([O-])c1ccc(N[C@@H]2CCNC2)cc1C(F)(F)F. The molecule has 1 saturated heterocycles. The molecule has 0 saturated carbocycles. The van der Waals surface area contributed by atoms with Crippen molar-refractivity contribution < 1.29 is 18.1 Å². The Hall–Kier alpha value is -1.54. The van der Waals surface area contributed by atoms with E-state index < -0.39 is 22.4 Å². The lowest BCUT2D eigenvalue weighted by Crippen LogP contribution is -2.22. The fourth-order valence-corrected chi connectivity index (χ4v) is 2.03. The minimum absolute atomic E-state index is 0. The van der Waals surface area contributed by atoms with E-state index in [-0.39, 0.29) is 24.1 Å². The molecular formula is C11H13ClF3N3O2. The number of hydrogen-bond acceptors (Lipinski definition) is 4.